The van der Waals surface area contributed by atoms with Crippen LogP contribution in [0.3, 0.4) is 0 Å². The summed E-state index contributed by atoms with van der Waals surface area (Å²) in [5.41, 5.74) is 0.595. The number of ether oxygens (including phenoxy) is 1. The van der Waals surface area contributed by atoms with Gasteiger partial charge in [-0.3, -0.25) is 4.79 Å². The van der Waals surface area contributed by atoms with Gasteiger partial charge in [-0.1, -0.05) is 19.1 Å². The van der Waals surface area contributed by atoms with Crippen LogP contribution in [0.25, 0.3) is 0 Å². The molecule has 0 saturated carbocycles. The van der Waals surface area contributed by atoms with Crippen LogP contribution in [0.2, 0.25) is 0 Å². The van der Waals surface area contributed by atoms with Crippen molar-refractivity contribution in [2.75, 3.05) is 13.1 Å². The molecule has 7 nitrogen and oxygen atoms in total. The van der Waals surface area contributed by atoms with Crippen molar-refractivity contribution in [2.45, 2.75) is 26.4 Å². The highest BCUT2D eigenvalue weighted by atomic mass is 16.5. The van der Waals surface area contributed by atoms with Crippen LogP contribution in [0.4, 0.5) is 0 Å². The number of rotatable bonds is 4. The molecule has 23 heavy (non-hydrogen) atoms. The lowest BCUT2D eigenvalue weighted by Crippen LogP contribution is -2.38. The minimum absolute atomic E-state index is 0.0311. The zero-order chi connectivity index (χ0) is 16.2. The Kier molecular flexibility index (Phi) is 4.55. The molecule has 122 valence electrons. The number of tetrazole rings is 1. The van der Waals surface area contributed by atoms with Crippen LogP contribution < -0.4 is 4.74 Å². The molecule has 0 N–H and O–H groups in total. The SMILES string of the molecule is CC1CCN(C(=O)c2ccccc2OCc2nnnn2C)CC1. The number of aromatic nitrogens is 4. The predicted molar refractivity (Wildman–Crippen MR) is 83.9 cm³/mol. The zero-order valence-corrected chi connectivity index (χ0v) is 13.5. The molecule has 1 aliphatic heterocycles. The van der Waals surface area contributed by atoms with E-state index in [4.69, 9.17) is 4.74 Å². The molecule has 0 atom stereocenters. The van der Waals surface area contributed by atoms with Gasteiger partial charge in [0.25, 0.3) is 5.91 Å². The van der Waals surface area contributed by atoms with Crippen LogP contribution in [0, 0.1) is 5.92 Å². The summed E-state index contributed by atoms with van der Waals surface area (Å²) in [5, 5.41) is 11.2. The molecule has 1 aliphatic rings. The summed E-state index contributed by atoms with van der Waals surface area (Å²) in [7, 11) is 1.75. The van der Waals surface area contributed by atoms with Crippen LogP contribution in [-0.4, -0.2) is 44.1 Å². The van der Waals surface area contributed by atoms with Crippen LogP contribution in [0.1, 0.15) is 35.9 Å². The molecule has 1 fully saturated rings. The Hall–Kier alpha value is -2.44. The van der Waals surface area contributed by atoms with Gasteiger partial charge in [-0.25, -0.2) is 4.68 Å². The van der Waals surface area contributed by atoms with E-state index in [-0.39, 0.29) is 12.5 Å². The molecule has 1 amide bonds. The summed E-state index contributed by atoms with van der Waals surface area (Å²) < 4.78 is 7.34. The number of hydrogen-bond acceptors (Lipinski definition) is 5. The van der Waals surface area contributed by atoms with E-state index in [1.807, 2.05) is 29.2 Å². The molecule has 7 heteroatoms. The number of nitrogens with zero attached hydrogens (tertiary/aromatic N) is 5. The van der Waals surface area contributed by atoms with Gasteiger partial charge in [-0.05, 0) is 41.3 Å². The van der Waals surface area contributed by atoms with Crippen molar-refractivity contribution < 1.29 is 9.53 Å². The van der Waals surface area contributed by atoms with Crippen LogP contribution >= 0.6 is 0 Å². The summed E-state index contributed by atoms with van der Waals surface area (Å²) >= 11 is 0. The second-order valence-electron chi connectivity index (χ2n) is 5.98. The largest absolute Gasteiger partial charge is 0.485 e. The summed E-state index contributed by atoms with van der Waals surface area (Å²) in [4.78, 5) is 14.7. The molecule has 2 aromatic rings. The number of amides is 1. The maximum Gasteiger partial charge on any atom is 0.257 e. The van der Waals surface area contributed by atoms with Crippen LogP contribution in [0.5, 0.6) is 5.75 Å². The standard InChI is InChI=1S/C16H21N5O2/c1-12-7-9-21(10-8-12)16(22)13-5-3-4-6-14(13)23-11-15-17-18-19-20(15)2/h3-6,12H,7-11H2,1-2H3. The third-order valence-corrected chi connectivity index (χ3v) is 4.25. The highest BCUT2D eigenvalue weighted by molar-refractivity contribution is 5.97. The Labute approximate surface area is 135 Å². The number of aryl methyl sites for hydroxylation is 1. The first kappa shape index (κ1) is 15.5. The van der Waals surface area contributed by atoms with E-state index in [1.54, 1.807) is 11.7 Å². The Morgan fingerprint density at radius 2 is 2.04 bits per heavy atom. The molecule has 3 rings (SSSR count). The first-order chi connectivity index (χ1) is 11.1. The molecule has 0 aliphatic carbocycles. The van der Waals surface area contributed by atoms with Crippen LogP contribution in [0.15, 0.2) is 24.3 Å². The molecular weight excluding hydrogens is 294 g/mol. The zero-order valence-electron chi connectivity index (χ0n) is 13.5. The number of hydrogen-bond donors (Lipinski definition) is 0. The van der Waals surface area contributed by atoms with Crippen molar-refractivity contribution in [3.63, 3.8) is 0 Å². The third kappa shape index (κ3) is 3.49. The van der Waals surface area contributed by atoms with Gasteiger partial charge in [0.05, 0.1) is 5.56 Å². The number of carbonyl (C=O) groups excluding carboxylic acids is 1. The summed E-state index contributed by atoms with van der Waals surface area (Å²) in [6.45, 7) is 4.07. The molecule has 0 unspecified atom stereocenters. The van der Waals surface area contributed by atoms with Gasteiger partial charge >= 0.3 is 0 Å². The second-order valence-corrected chi connectivity index (χ2v) is 5.98. The van der Waals surface area contributed by atoms with E-state index in [0.717, 1.165) is 25.9 Å². The van der Waals surface area contributed by atoms with Crippen molar-refractivity contribution in [2.24, 2.45) is 13.0 Å². The van der Waals surface area contributed by atoms with E-state index in [1.165, 1.54) is 0 Å². The normalized spacial score (nSPS) is 15.7. The van der Waals surface area contributed by atoms with Gasteiger partial charge in [-0.2, -0.15) is 0 Å². The van der Waals surface area contributed by atoms with Crippen molar-refractivity contribution in [3.8, 4) is 5.75 Å². The quantitative estimate of drug-likeness (QED) is 0.858. The lowest BCUT2D eigenvalue weighted by molar-refractivity contribution is 0.0692. The molecule has 0 radical (unpaired) electrons. The average Bonchev–Trinajstić information content (AvgIpc) is 2.98. The second kappa shape index (κ2) is 6.76. The topological polar surface area (TPSA) is 73.1 Å². The number of para-hydroxylation sites is 1. The van der Waals surface area contributed by atoms with E-state index in [0.29, 0.717) is 23.1 Å². The fourth-order valence-electron chi connectivity index (χ4n) is 2.66. The molecule has 1 aromatic carbocycles. The van der Waals surface area contributed by atoms with Crippen molar-refractivity contribution in [3.05, 3.63) is 35.7 Å². The van der Waals surface area contributed by atoms with Crippen LogP contribution in [-0.2, 0) is 13.7 Å². The average molecular weight is 315 g/mol. The lowest BCUT2D eigenvalue weighted by Gasteiger charge is -2.30. The van der Waals surface area contributed by atoms with Crippen molar-refractivity contribution >= 4 is 5.91 Å². The summed E-state index contributed by atoms with van der Waals surface area (Å²) in [5.74, 6) is 1.90. The fraction of sp³-hybridized carbons (Fsp3) is 0.500. The Morgan fingerprint density at radius 3 is 2.74 bits per heavy atom. The predicted octanol–water partition coefficient (Wildman–Crippen LogP) is 1.66. The van der Waals surface area contributed by atoms with E-state index in [9.17, 15) is 4.79 Å². The Bertz CT molecular complexity index is 677. The Morgan fingerprint density at radius 1 is 1.30 bits per heavy atom. The highest BCUT2D eigenvalue weighted by Gasteiger charge is 2.23. The van der Waals surface area contributed by atoms with Gasteiger partial charge in [-0.15, -0.1) is 5.10 Å². The number of piperidine rings is 1. The lowest BCUT2D eigenvalue weighted by atomic mass is 9.98. The maximum absolute atomic E-state index is 12.8. The highest BCUT2D eigenvalue weighted by Crippen LogP contribution is 2.24. The molecule has 0 spiro atoms. The molecular formula is C16H21N5O2. The molecule has 0 bridgehead atoms. The minimum atomic E-state index is 0.0311. The minimum Gasteiger partial charge on any atom is -0.485 e. The Balaban J connectivity index is 1.72. The first-order valence-corrected chi connectivity index (χ1v) is 7.87. The van der Waals surface area contributed by atoms with Gasteiger partial charge in [0, 0.05) is 20.1 Å². The fourth-order valence-corrected chi connectivity index (χ4v) is 2.66. The van der Waals surface area contributed by atoms with E-state index >= 15 is 0 Å². The van der Waals surface area contributed by atoms with E-state index < -0.39 is 0 Å². The number of carbonyl (C=O) groups is 1. The van der Waals surface area contributed by atoms with Gasteiger partial charge in [0.2, 0.25) is 0 Å². The van der Waals surface area contributed by atoms with Crippen molar-refractivity contribution in [1.29, 1.82) is 0 Å². The molecule has 2 heterocycles. The monoisotopic (exact) mass is 315 g/mol. The molecule has 1 saturated heterocycles. The van der Waals surface area contributed by atoms with Crippen molar-refractivity contribution in [1.82, 2.24) is 25.1 Å². The summed E-state index contributed by atoms with van der Waals surface area (Å²) in [6, 6.07) is 7.34. The maximum atomic E-state index is 12.8. The molecule has 1 aromatic heterocycles. The van der Waals surface area contributed by atoms with E-state index in [2.05, 4.69) is 22.4 Å². The van der Waals surface area contributed by atoms with Gasteiger partial charge < -0.3 is 9.64 Å². The summed E-state index contributed by atoms with van der Waals surface area (Å²) in [6.07, 6.45) is 2.11. The first-order valence-electron chi connectivity index (χ1n) is 7.87. The third-order valence-electron chi connectivity index (χ3n) is 4.25. The number of benzene rings is 1. The number of likely N-dealkylation sites (tertiary alicyclic amines) is 1. The van der Waals surface area contributed by atoms with Gasteiger partial charge in [0.15, 0.2) is 5.82 Å². The smallest absolute Gasteiger partial charge is 0.257 e. The van der Waals surface area contributed by atoms with Gasteiger partial charge in [0.1, 0.15) is 12.4 Å².